The van der Waals surface area contributed by atoms with Gasteiger partial charge in [-0.05, 0) is 88.0 Å². The lowest BCUT2D eigenvalue weighted by Gasteiger charge is -2.37. The monoisotopic (exact) mass is 537 g/mol. The van der Waals surface area contributed by atoms with Gasteiger partial charge in [-0.2, -0.15) is 0 Å². The minimum atomic E-state index is -3.72. The summed E-state index contributed by atoms with van der Waals surface area (Å²) < 4.78 is 39.2. The third-order valence-electron chi connectivity index (χ3n) is 6.78. The molecule has 1 fully saturated rings. The second kappa shape index (κ2) is 11.9. The van der Waals surface area contributed by atoms with E-state index in [1.807, 2.05) is 32.0 Å². The highest BCUT2D eigenvalue weighted by atomic mass is 32.2. The lowest BCUT2D eigenvalue weighted by molar-refractivity contribution is 0.0904. The minimum Gasteiger partial charge on any atom is -0.493 e. The summed E-state index contributed by atoms with van der Waals surface area (Å²) in [4.78, 5) is 15.6. The molecule has 1 amide bonds. The Morgan fingerprint density at radius 2 is 1.74 bits per heavy atom. The minimum absolute atomic E-state index is 0.0683. The van der Waals surface area contributed by atoms with Gasteiger partial charge in [0.05, 0.1) is 18.6 Å². The van der Waals surface area contributed by atoms with Crippen LogP contribution >= 0.6 is 0 Å². The molecule has 38 heavy (non-hydrogen) atoms. The van der Waals surface area contributed by atoms with Crippen molar-refractivity contribution in [3.05, 3.63) is 83.4 Å². The largest absolute Gasteiger partial charge is 0.493 e. The summed E-state index contributed by atoms with van der Waals surface area (Å²) in [5.41, 5.74) is 2.91. The summed E-state index contributed by atoms with van der Waals surface area (Å²) in [6.45, 7) is 6.03. The van der Waals surface area contributed by atoms with Crippen LogP contribution in [0.5, 0.6) is 11.5 Å². The highest BCUT2D eigenvalue weighted by Crippen LogP contribution is 2.34. The molecule has 4 rings (SSSR count). The van der Waals surface area contributed by atoms with Crippen molar-refractivity contribution >= 4 is 21.6 Å². The number of benzene rings is 3. The van der Waals surface area contributed by atoms with Gasteiger partial charge in [0, 0.05) is 29.8 Å². The smallest absolute Gasteiger partial charge is 0.261 e. The fourth-order valence-corrected chi connectivity index (χ4v) is 5.75. The van der Waals surface area contributed by atoms with E-state index in [-0.39, 0.29) is 22.8 Å². The Morgan fingerprint density at radius 3 is 2.39 bits per heavy atom. The predicted molar refractivity (Wildman–Crippen MR) is 149 cm³/mol. The number of piperidine rings is 1. The Balaban J connectivity index is 1.47. The van der Waals surface area contributed by atoms with Gasteiger partial charge in [-0.15, -0.1) is 0 Å². The number of carbonyl (C=O) groups excluding carboxylic acids is 1. The molecule has 1 aliphatic heterocycles. The number of carbonyl (C=O) groups is 1. The van der Waals surface area contributed by atoms with Crippen LogP contribution in [0.15, 0.2) is 71.6 Å². The average Bonchev–Trinajstić information content (AvgIpc) is 2.90. The van der Waals surface area contributed by atoms with Gasteiger partial charge in [-0.3, -0.25) is 9.52 Å². The van der Waals surface area contributed by atoms with Crippen molar-refractivity contribution in [3.63, 3.8) is 0 Å². The normalized spacial score (nSPS) is 18.0. The summed E-state index contributed by atoms with van der Waals surface area (Å²) in [7, 11) is -0.0198. The molecule has 2 N–H and O–H groups in total. The zero-order valence-electron chi connectivity index (χ0n) is 22.2. The number of likely N-dealkylation sites (N-methyl/N-ethyl adjacent to an activating group) is 1. The third-order valence-corrected chi connectivity index (χ3v) is 8.18. The van der Waals surface area contributed by atoms with E-state index in [1.165, 1.54) is 0 Å². The molecular weight excluding hydrogens is 502 g/mol. The number of amides is 1. The molecule has 9 heteroatoms. The predicted octanol–water partition coefficient (Wildman–Crippen LogP) is 4.42. The molecule has 3 aromatic rings. The number of methoxy groups -OCH3 is 1. The van der Waals surface area contributed by atoms with Crippen LogP contribution in [0.3, 0.4) is 0 Å². The first-order chi connectivity index (χ1) is 18.2. The summed E-state index contributed by atoms with van der Waals surface area (Å²) in [5, 5.41) is 3.21. The Hall–Kier alpha value is -3.56. The van der Waals surface area contributed by atoms with Crippen LogP contribution in [0, 0.1) is 6.92 Å². The number of nitrogens with one attached hydrogen (secondary N) is 2. The van der Waals surface area contributed by atoms with Gasteiger partial charge in [-0.25, -0.2) is 8.42 Å². The third kappa shape index (κ3) is 6.46. The molecule has 0 bridgehead atoms. The molecule has 1 aliphatic rings. The molecule has 8 nitrogen and oxygen atoms in total. The van der Waals surface area contributed by atoms with E-state index in [2.05, 4.69) is 22.0 Å². The average molecular weight is 538 g/mol. The SMILES string of the molecule is CCOc1cc(C2CN(C)CCC2NC(=O)c2ccc(NS(=O)(=O)c3ccc(C)cc3)cc2)ccc1OC. The van der Waals surface area contributed by atoms with E-state index < -0.39 is 10.0 Å². The van der Waals surface area contributed by atoms with E-state index in [9.17, 15) is 13.2 Å². The lowest BCUT2D eigenvalue weighted by atomic mass is 9.85. The zero-order valence-corrected chi connectivity index (χ0v) is 23.0. The number of hydrogen-bond acceptors (Lipinski definition) is 6. The standard InChI is InChI=1S/C29H35N3O5S/c1-5-37-28-18-22(10-15-27(28)36-4)25-19-32(3)17-16-26(25)30-29(33)21-8-11-23(12-9-21)31-38(34,35)24-13-6-20(2)7-14-24/h6-15,18,25-26,31H,5,16-17,19H2,1-4H3,(H,30,33). The second-order valence-corrected chi connectivity index (χ2v) is 11.3. The van der Waals surface area contributed by atoms with Crippen molar-refractivity contribution in [2.24, 2.45) is 0 Å². The quantitative estimate of drug-likeness (QED) is 0.420. The number of anilines is 1. The molecule has 202 valence electrons. The van der Waals surface area contributed by atoms with Crippen LogP contribution < -0.4 is 19.5 Å². The molecule has 2 atom stereocenters. The Kier molecular flexibility index (Phi) is 8.58. The van der Waals surface area contributed by atoms with Crippen LogP contribution in [-0.2, 0) is 10.0 Å². The van der Waals surface area contributed by atoms with E-state index >= 15 is 0 Å². The summed E-state index contributed by atoms with van der Waals surface area (Å²) in [5.74, 6) is 1.24. The first kappa shape index (κ1) is 27.5. The van der Waals surface area contributed by atoms with Crippen molar-refractivity contribution in [3.8, 4) is 11.5 Å². The van der Waals surface area contributed by atoms with Gasteiger partial charge in [0.15, 0.2) is 11.5 Å². The fourth-order valence-electron chi connectivity index (χ4n) is 4.69. The van der Waals surface area contributed by atoms with E-state index in [0.717, 1.165) is 30.6 Å². The summed E-state index contributed by atoms with van der Waals surface area (Å²) >= 11 is 0. The molecule has 0 aliphatic carbocycles. The number of ether oxygens (including phenoxy) is 2. The number of sulfonamides is 1. The van der Waals surface area contributed by atoms with Gasteiger partial charge in [0.25, 0.3) is 15.9 Å². The number of rotatable bonds is 9. The molecule has 0 spiro atoms. The zero-order chi connectivity index (χ0) is 27.3. The van der Waals surface area contributed by atoms with Crippen LogP contribution in [-0.4, -0.2) is 59.1 Å². The molecule has 0 saturated carbocycles. The molecule has 0 radical (unpaired) electrons. The first-order valence-electron chi connectivity index (χ1n) is 12.7. The van der Waals surface area contributed by atoms with Gasteiger partial charge < -0.3 is 19.7 Å². The van der Waals surface area contributed by atoms with Gasteiger partial charge in [0.1, 0.15) is 0 Å². The highest BCUT2D eigenvalue weighted by molar-refractivity contribution is 7.92. The van der Waals surface area contributed by atoms with Crippen molar-refractivity contribution in [1.82, 2.24) is 10.2 Å². The molecule has 1 heterocycles. The maximum Gasteiger partial charge on any atom is 0.261 e. The molecule has 2 unspecified atom stereocenters. The molecular formula is C29H35N3O5S. The van der Waals surface area contributed by atoms with Crippen molar-refractivity contribution in [2.45, 2.75) is 37.1 Å². The van der Waals surface area contributed by atoms with Crippen LogP contribution in [0.1, 0.15) is 40.7 Å². The Labute approximate surface area is 225 Å². The molecule has 1 saturated heterocycles. The lowest BCUT2D eigenvalue weighted by Crippen LogP contribution is -2.48. The number of hydrogen-bond donors (Lipinski definition) is 2. The number of nitrogens with zero attached hydrogens (tertiary/aromatic N) is 1. The number of likely N-dealkylation sites (tertiary alicyclic amines) is 1. The number of aryl methyl sites for hydroxylation is 1. The van der Waals surface area contributed by atoms with Crippen molar-refractivity contribution < 1.29 is 22.7 Å². The van der Waals surface area contributed by atoms with Crippen LogP contribution in [0.4, 0.5) is 5.69 Å². The van der Waals surface area contributed by atoms with Crippen molar-refractivity contribution in [1.29, 1.82) is 0 Å². The topological polar surface area (TPSA) is 97.0 Å². The first-order valence-corrected chi connectivity index (χ1v) is 14.2. The maximum absolute atomic E-state index is 13.2. The van der Waals surface area contributed by atoms with E-state index in [1.54, 1.807) is 55.6 Å². The highest BCUT2D eigenvalue weighted by Gasteiger charge is 2.31. The van der Waals surface area contributed by atoms with Crippen molar-refractivity contribution in [2.75, 3.05) is 38.6 Å². The van der Waals surface area contributed by atoms with Crippen LogP contribution in [0.2, 0.25) is 0 Å². The van der Waals surface area contributed by atoms with E-state index in [4.69, 9.17) is 9.47 Å². The Bertz CT molecular complexity index is 1360. The second-order valence-electron chi connectivity index (χ2n) is 9.58. The van der Waals surface area contributed by atoms with Crippen LogP contribution in [0.25, 0.3) is 0 Å². The maximum atomic E-state index is 13.2. The fraction of sp³-hybridized carbons (Fsp3) is 0.345. The van der Waals surface area contributed by atoms with E-state index in [0.29, 0.717) is 29.4 Å². The summed E-state index contributed by atoms with van der Waals surface area (Å²) in [6, 6.07) is 19.0. The molecule has 3 aromatic carbocycles. The summed E-state index contributed by atoms with van der Waals surface area (Å²) in [6.07, 6.45) is 0.803. The molecule has 0 aromatic heterocycles. The van der Waals surface area contributed by atoms with Gasteiger partial charge in [-0.1, -0.05) is 23.8 Å². The van der Waals surface area contributed by atoms with Gasteiger partial charge in [0.2, 0.25) is 0 Å². The Morgan fingerprint density at radius 1 is 1.03 bits per heavy atom. The van der Waals surface area contributed by atoms with Gasteiger partial charge >= 0.3 is 0 Å².